The van der Waals surface area contributed by atoms with Crippen LogP contribution in [0.5, 0.6) is 0 Å². The topological polar surface area (TPSA) is 58.2 Å². The Morgan fingerprint density at radius 2 is 1.55 bits per heavy atom. The van der Waals surface area contributed by atoms with E-state index in [9.17, 15) is 9.59 Å². The number of hydrogen-bond acceptors (Lipinski definition) is 2. The van der Waals surface area contributed by atoms with Gasteiger partial charge in [-0.1, -0.05) is 23.8 Å². The number of carbonyl (C=O) groups excluding carboxylic acids is 2. The zero-order valence-corrected chi connectivity index (χ0v) is 11.4. The Balaban J connectivity index is 2.18. The van der Waals surface area contributed by atoms with E-state index in [0.29, 0.717) is 16.8 Å². The van der Waals surface area contributed by atoms with E-state index in [2.05, 4.69) is 10.6 Å². The Labute approximate surface area is 117 Å². The van der Waals surface area contributed by atoms with Crippen LogP contribution in [0.25, 0.3) is 0 Å². The van der Waals surface area contributed by atoms with E-state index in [0.717, 1.165) is 5.56 Å². The first-order valence-corrected chi connectivity index (χ1v) is 6.30. The van der Waals surface area contributed by atoms with Crippen LogP contribution >= 0.6 is 0 Å². The Morgan fingerprint density at radius 3 is 2.20 bits per heavy atom. The minimum Gasteiger partial charge on any atom is -0.355 e. The number of benzene rings is 2. The molecule has 0 aliphatic rings. The summed E-state index contributed by atoms with van der Waals surface area (Å²) in [5, 5.41) is 5.34. The minimum atomic E-state index is -0.192. The van der Waals surface area contributed by atoms with Crippen molar-refractivity contribution in [1.82, 2.24) is 5.32 Å². The molecule has 0 atom stereocenters. The smallest absolute Gasteiger partial charge is 0.255 e. The first kappa shape index (κ1) is 13.8. The number of anilines is 1. The molecule has 0 radical (unpaired) electrons. The van der Waals surface area contributed by atoms with Crippen LogP contribution in [0, 0.1) is 6.92 Å². The van der Waals surface area contributed by atoms with Gasteiger partial charge in [-0.2, -0.15) is 0 Å². The fraction of sp³-hybridized carbons (Fsp3) is 0.125. The van der Waals surface area contributed by atoms with Crippen molar-refractivity contribution < 1.29 is 9.59 Å². The van der Waals surface area contributed by atoms with Gasteiger partial charge in [0.25, 0.3) is 11.8 Å². The second-order valence-electron chi connectivity index (χ2n) is 4.48. The molecule has 0 fully saturated rings. The molecule has 2 rings (SSSR count). The van der Waals surface area contributed by atoms with E-state index in [1.807, 2.05) is 25.1 Å². The van der Waals surface area contributed by atoms with Crippen LogP contribution < -0.4 is 10.6 Å². The number of rotatable bonds is 3. The Bertz CT molecular complexity index is 650. The number of hydrogen-bond donors (Lipinski definition) is 2. The first-order valence-electron chi connectivity index (χ1n) is 6.30. The SMILES string of the molecule is CNC(=O)c1cccc(NC(=O)c2cccc(C)c2)c1. The maximum atomic E-state index is 12.1. The molecule has 0 spiro atoms. The van der Waals surface area contributed by atoms with Crippen LogP contribution in [-0.4, -0.2) is 18.9 Å². The largest absolute Gasteiger partial charge is 0.355 e. The lowest BCUT2D eigenvalue weighted by molar-refractivity contribution is 0.0961. The Kier molecular flexibility index (Phi) is 4.15. The van der Waals surface area contributed by atoms with Gasteiger partial charge in [0.05, 0.1) is 0 Å². The van der Waals surface area contributed by atoms with E-state index in [4.69, 9.17) is 0 Å². The van der Waals surface area contributed by atoms with Crippen molar-refractivity contribution in [1.29, 1.82) is 0 Å². The van der Waals surface area contributed by atoms with Gasteiger partial charge in [-0.3, -0.25) is 9.59 Å². The molecule has 2 amide bonds. The lowest BCUT2D eigenvalue weighted by atomic mass is 10.1. The van der Waals surface area contributed by atoms with Gasteiger partial charge in [-0.05, 0) is 37.3 Å². The summed E-state index contributed by atoms with van der Waals surface area (Å²) in [5.74, 6) is -0.376. The standard InChI is InChI=1S/C16H16N2O2/c1-11-5-3-6-12(9-11)16(20)18-14-8-4-7-13(10-14)15(19)17-2/h3-10H,1-2H3,(H,17,19)(H,18,20). The maximum Gasteiger partial charge on any atom is 0.255 e. The van der Waals surface area contributed by atoms with Crippen molar-refractivity contribution in [2.75, 3.05) is 12.4 Å². The number of aryl methyl sites for hydroxylation is 1. The van der Waals surface area contributed by atoms with Crippen LogP contribution in [-0.2, 0) is 0 Å². The average molecular weight is 268 g/mol. The molecule has 4 heteroatoms. The molecular weight excluding hydrogens is 252 g/mol. The quantitative estimate of drug-likeness (QED) is 0.899. The highest BCUT2D eigenvalue weighted by Gasteiger charge is 2.08. The third kappa shape index (κ3) is 3.23. The summed E-state index contributed by atoms with van der Waals surface area (Å²) in [6.07, 6.45) is 0. The van der Waals surface area contributed by atoms with Crippen molar-refractivity contribution in [2.24, 2.45) is 0 Å². The van der Waals surface area contributed by atoms with Gasteiger partial charge in [-0.15, -0.1) is 0 Å². The summed E-state index contributed by atoms with van der Waals surface area (Å²) in [7, 11) is 1.57. The van der Waals surface area contributed by atoms with E-state index in [1.54, 1.807) is 37.4 Å². The molecule has 2 aromatic carbocycles. The highest BCUT2D eigenvalue weighted by molar-refractivity contribution is 6.05. The van der Waals surface area contributed by atoms with Crippen molar-refractivity contribution in [3.05, 3.63) is 65.2 Å². The second-order valence-corrected chi connectivity index (χ2v) is 4.48. The van der Waals surface area contributed by atoms with Crippen molar-refractivity contribution in [3.63, 3.8) is 0 Å². The highest BCUT2D eigenvalue weighted by Crippen LogP contribution is 2.13. The monoisotopic (exact) mass is 268 g/mol. The zero-order chi connectivity index (χ0) is 14.5. The summed E-state index contributed by atoms with van der Waals surface area (Å²) in [6.45, 7) is 1.93. The van der Waals surface area contributed by atoms with E-state index >= 15 is 0 Å². The van der Waals surface area contributed by atoms with Crippen LogP contribution in [0.15, 0.2) is 48.5 Å². The van der Waals surface area contributed by atoms with Crippen LogP contribution in [0.3, 0.4) is 0 Å². The van der Waals surface area contributed by atoms with Crippen LogP contribution in [0.1, 0.15) is 26.3 Å². The van der Waals surface area contributed by atoms with E-state index in [1.165, 1.54) is 0 Å². The third-order valence-electron chi connectivity index (χ3n) is 2.89. The second kappa shape index (κ2) is 6.02. The molecule has 0 bridgehead atoms. The van der Waals surface area contributed by atoms with Gasteiger partial charge in [0.1, 0.15) is 0 Å². The summed E-state index contributed by atoms with van der Waals surface area (Å²) in [4.78, 5) is 23.6. The number of carbonyl (C=O) groups is 2. The lowest BCUT2D eigenvalue weighted by Gasteiger charge is -2.07. The predicted octanol–water partition coefficient (Wildman–Crippen LogP) is 2.61. The van der Waals surface area contributed by atoms with Gasteiger partial charge < -0.3 is 10.6 Å². The molecule has 0 aliphatic carbocycles. The lowest BCUT2D eigenvalue weighted by Crippen LogP contribution is -2.18. The van der Waals surface area contributed by atoms with Crippen molar-refractivity contribution in [2.45, 2.75) is 6.92 Å². The van der Waals surface area contributed by atoms with Gasteiger partial charge in [-0.25, -0.2) is 0 Å². The fourth-order valence-electron chi connectivity index (χ4n) is 1.87. The molecule has 0 heterocycles. The highest BCUT2D eigenvalue weighted by atomic mass is 16.2. The molecule has 4 nitrogen and oxygen atoms in total. The summed E-state index contributed by atoms with van der Waals surface area (Å²) in [6, 6.07) is 14.2. The van der Waals surface area contributed by atoms with Gasteiger partial charge in [0.2, 0.25) is 0 Å². The van der Waals surface area contributed by atoms with Crippen LogP contribution in [0.4, 0.5) is 5.69 Å². The van der Waals surface area contributed by atoms with E-state index < -0.39 is 0 Å². The minimum absolute atomic E-state index is 0.184. The molecule has 0 aliphatic heterocycles. The molecule has 2 aromatic rings. The normalized spacial score (nSPS) is 9.90. The fourth-order valence-corrected chi connectivity index (χ4v) is 1.87. The molecule has 2 N–H and O–H groups in total. The van der Waals surface area contributed by atoms with Crippen molar-refractivity contribution >= 4 is 17.5 Å². The Morgan fingerprint density at radius 1 is 0.900 bits per heavy atom. The van der Waals surface area contributed by atoms with Crippen LogP contribution in [0.2, 0.25) is 0 Å². The molecule has 0 unspecified atom stereocenters. The number of nitrogens with one attached hydrogen (secondary N) is 2. The molecule has 102 valence electrons. The molecular formula is C16H16N2O2. The molecule has 20 heavy (non-hydrogen) atoms. The molecule has 0 saturated heterocycles. The summed E-state index contributed by atoms with van der Waals surface area (Å²) < 4.78 is 0. The summed E-state index contributed by atoms with van der Waals surface area (Å²) in [5.41, 5.74) is 2.72. The first-order chi connectivity index (χ1) is 9.60. The molecule has 0 aromatic heterocycles. The van der Waals surface area contributed by atoms with Gasteiger partial charge in [0.15, 0.2) is 0 Å². The average Bonchev–Trinajstić information content (AvgIpc) is 2.46. The number of amides is 2. The zero-order valence-electron chi connectivity index (χ0n) is 11.4. The van der Waals surface area contributed by atoms with Crippen molar-refractivity contribution in [3.8, 4) is 0 Å². The Hall–Kier alpha value is -2.62. The van der Waals surface area contributed by atoms with Gasteiger partial charge in [0, 0.05) is 23.9 Å². The van der Waals surface area contributed by atoms with Gasteiger partial charge >= 0.3 is 0 Å². The molecule has 0 saturated carbocycles. The predicted molar refractivity (Wildman–Crippen MR) is 79.0 cm³/mol. The summed E-state index contributed by atoms with van der Waals surface area (Å²) >= 11 is 0. The van der Waals surface area contributed by atoms with E-state index in [-0.39, 0.29) is 11.8 Å². The maximum absolute atomic E-state index is 12.1. The third-order valence-corrected chi connectivity index (χ3v) is 2.89.